The molecule has 0 heterocycles. The summed E-state index contributed by atoms with van der Waals surface area (Å²) in [5, 5.41) is 17.4. The number of alkyl halides is 6. The van der Waals surface area contributed by atoms with Crippen LogP contribution in [0.25, 0.3) is 0 Å². The molecule has 0 amide bonds. The minimum atomic E-state index is -4.91. The highest BCUT2D eigenvalue weighted by atomic mass is 19.4. The molecule has 0 aromatic heterocycles. The van der Waals surface area contributed by atoms with Crippen molar-refractivity contribution in [2.75, 3.05) is 0 Å². The molecule has 1 rings (SSSR count). The lowest BCUT2D eigenvalue weighted by molar-refractivity contribution is -0.120. The predicted octanol–water partition coefficient (Wildman–Crippen LogP) is 5.10. The number of allylic oxidation sites excluding steroid dienone is 4. The van der Waals surface area contributed by atoms with Crippen molar-refractivity contribution in [3.05, 3.63) is 47.9 Å². The van der Waals surface area contributed by atoms with E-state index in [1.807, 2.05) is 0 Å². The van der Waals surface area contributed by atoms with Gasteiger partial charge in [-0.25, -0.2) is 0 Å². The number of aliphatic imine (C=N–C) groups is 2. The van der Waals surface area contributed by atoms with Crippen molar-refractivity contribution in [2.45, 2.75) is 12.4 Å². The number of para-hydroxylation sites is 2. The highest BCUT2D eigenvalue weighted by Crippen LogP contribution is 2.28. The van der Waals surface area contributed by atoms with Gasteiger partial charge >= 0.3 is 12.4 Å². The van der Waals surface area contributed by atoms with Gasteiger partial charge in [0.1, 0.15) is 0 Å². The fourth-order valence-corrected chi connectivity index (χ4v) is 1.25. The first-order chi connectivity index (χ1) is 11.0. The topological polar surface area (TPSA) is 65.2 Å². The molecular formula is C14H10F6N2O2. The van der Waals surface area contributed by atoms with Crippen molar-refractivity contribution in [1.82, 2.24) is 0 Å². The van der Waals surface area contributed by atoms with E-state index in [1.165, 1.54) is 24.3 Å². The second-order valence-electron chi connectivity index (χ2n) is 4.14. The Bertz CT molecular complexity index is 628. The van der Waals surface area contributed by atoms with E-state index in [-0.39, 0.29) is 11.4 Å². The van der Waals surface area contributed by atoms with Gasteiger partial charge in [0.2, 0.25) is 0 Å². The number of aliphatic hydroxyl groups is 2. The zero-order chi connectivity index (χ0) is 18.4. The largest absolute Gasteiger partial charge is 0.504 e. The molecule has 0 aliphatic heterocycles. The maximum atomic E-state index is 12.1. The summed E-state index contributed by atoms with van der Waals surface area (Å²) in [6.07, 6.45) is -7.86. The van der Waals surface area contributed by atoms with Crippen molar-refractivity contribution in [3.8, 4) is 0 Å². The van der Waals surface area contributed by atoms with Crippen LogP contribution in [0.5, 0.6) is 0 Å². The summed E-state index contributed by atoms with van der Waals surface area (Å²) >= 11 is 0. The van der Waals surface area contributed by atoms with Crippen molar-refractivity contribution < 1.29 is 36.6 Å². The van der Waals surface area contributed by atoms with E-state index >= 15 is 0 Å². The molecule has 0 saturated carbocycles. The summed E-state index contributed by atoms with van der Waals surface area (Å²) in [6, 6.07) is 5.63. The van der Waals surface area contributed by atoms with Crippen LogP contribution in [0.3, 0.4) is 0 Å². The third kappa shape index (κ3) is 6.15. The monoisotopic (exact) mass is 352 g/mol. The lowest BCUT2D eigenvalue weighted by atomic mass is 10.3. The quantitative estimate of drug-likeness (QED) is 0.450. The summed E-state index contributed by atoms with van der Waals surface area (Å²) in [6.45, 7) is 0. The van der Waals surface area contributed by atoms with Gasteiger partial charge in [-0.2, -0.15) is 26.3 Å². The molecule has 0 spiro atoms. The second-order valence-corrected chi connectivity index (χ2v) is 4.14. The molecule has 0 unspecified atom stereocenters. The fraction of sp³-hybridized carbons (Fsp3) is 0.143. The maximum Gasteiger partial charge on any atom is 0.448 e. The van der Waals surface area contributed by atoms with Crippen LogP contribution in [0, 0.1) is 0 Å². The Morgan fingerprint density at radius 2 is 1.08 bits per heavy atom. The molecule has 0 bridgehead atoms. The first-order valence-electron chi connectivity index (χ1n) is 6.12. The van der Waals surface area contributed by atoms with E-state index in [9.17, 15) is 26.3 Å². The normalized spacial score (nSPS) is 14.8. The number of nitrogens with zero attached hydrogens (tertiary/aromatic N) is 2. The van der Waals surface area contributed by atoms with E-state index < -0.39 is 23.9 Å². The van der Waals surface area contributed by atoms with Gasteiger partial charge in [-0.1, -0.05) is 12.1 Å². The molecule has 1 aromatic rings. The zero-order valence-electron chi connectivity index (χ0n) is 11.7. The van der Waals surface area contributed by atoms with Crippen molar-refractivity contribution in [2.24, 2.45) is 9.98 Å². The Hall–Kier alpha value is -2.78. The van der Waals surface area contributed by atoms with Crippen LogP contribution in [0.15, 0.2) is 57.9 Å². The highest BCUT2D eigenvalue weighted by Gasteiger charge is 2.33. The Labute approximate surface area is 131 Å². The van der Waals surface area contributed by atoms with E-state index in [1.54, 1.807) is 0 Å². The van der Waals surface area contributed by atoms with Crippen LogP contribution in [0.4, 0.5) is 37.7 Å². The molecule has 0 radical (unpaired) electrons. The Balaban J connectivity index is 2.98. The Morgan fingerprint density at radius 3 is 1.38 bits per heavy atom. The minimum Gasteiger partial charge on any atom is -0.504 e. The second kappa shape index (κ2) is 7.66. The summed E-state index contributed by atoms with van der Waals surface area (Å²) < 4.78 is 72.4. The van der Waals surface area contributed by atoms with Crippen LogP contribution in [0.2, 0.25) is 0 Å². The number of hydrogen-bond acceptors (Lipinski definition) is 4. The van der Waals surface area contributed by atoms with Gasteiger partial charge in [-0.15, -0.1) is 0 Å². The van der Waals surface area contributed by atoms with Crippen LogP contribution in [-0.2, 0) is 0 Å². The van der Waals surface area contributed by atoms with Crippen LogP contribution in [0.1, 0.15) is 0 Å². The van der Waals surface area contributed by atoms with Gasteiger partial charge in [0.25, 0.3) is 0 Å². The summed E-state index contributed by atoms with van der Waals surface area (Å²) in [7, 11) is 0. The molecule has 2 N–H and O–H groups in total. The summed E-state index contributed by atoms with van der Waals surface area (Å²) in [4.78, 5) is 7.25. The van der Waals surface area contributed by atoms with Gasteiger partial charge in [-0.05, 0) is 12.1 Å². The first kappa shape index (κ1) is 19.3. The van der Waals surface area contributed by atoms with E-state index in [0.717, 1.165) is 0 Å². The molecule has 4 nitrogen and oxygen atoms in total. The summed E-state index contributed by atoms with van der Waals surface area (Å²) in [5.41, 5.74) is 0.0831. The van der Waals surface area contributed by atoms with Gasteiger partial charge < -0.3 is 10.2 Å². The first-order valence-corrected chi connectivity index (χ1v) is 6.12. The predicted molar refractivity (Wildman–Crippen MR) is 76.3 cm³/mol. The average Bonchev–Trinajstić information content (AvgIpc) is 2.46. The Morgan fingerprint density at radius 1 is 0.750 bits per heavy atom. The molecule has 0 aliphatic carbocycles. The van der Waals surface area contributed by atoms with Crippen molar-refractivity contribution in [3.63, 3.8) is 0 Å². The minimum absolute atomic E-state index is 0.0415. The van der Waals surface area contributed by atoms with E-state index in [0.29, 0.717) is 24.6 Å². The van der Waals surface area contributed by atoms with Gasteiger partial charge in [0, 0.05) is 24.6 Å². The molecule has 24 heavy (non-hydrogen) atoms. The average molecular weight is 352 g/mol. The van der Waals surface area contributed by atoms with Gasteiger partial charge in [0.15, 0.2) is 11.5 Å². The number of hydrogen-bond donors (Lipinski definition) is 2. The smallest absolute Gasteiger partial charge is 0.448 e. The number of benzene rings is 1. The standard InChI is InChI=1S/C14H10F6N2O2/c15-13(16,17)11(23)5-7-21-9-3-1-2-4-10(9)22-8-6-12(24)14(18,19)20/h1-8,23-24H. The molecule has 130 valence electrons. The molecule has 10 heteroatoms. The molecule has 0 atom stereocenters. The lowest BCUT2D eigenvalue weighted by Crippen LogP contribution is -2.11. The van der Waals surface area contributed by atoms with Crippen molar-refractivity contribution in [1.29, 1.82) is 0 Å². The van der Waals surface area contributed by atoms with Gasteiger partial charge in [0.05, 0.1) is 11.4 Å². The molecular weight excluding hydrogens is 342 g/mol. The molecule has 1 aromatic carbocycles. The SMILES string of the molecule is OC(=CC=Nc1ccccc1N=CC=C(O)C(F)(F)F)C(F)(F)F. The van der Waals surface area contributed by atoms with Crippen LogP contribution >= 0.6 is 0 Å². The number of rotatable bonds is 4. The number of aliphatic hydroxyl groups excluding tert-OH is 2. The Kier molecular flexibility index (Phi) is 6.15. The number of halogens is 6. The zero-order valence-corrected chi connectivity index (χ0v) is 11.7. The third-order valence-corrected chi connectivity index (χ3v) is 2.35. The highest BCUT2D eigenvalue weighted by molar-refractivity contribution is 5.81. The molecule has 0 aliphatic rings. The lowest BCUT2D eigenvalue weighted by Gasteiger charge is -2.03. The van der Waals surface area contributed by atoms with Gasteiger partial charge in [-0.3, -0.25) is 9.98 Å². The van der Waals surface area contributed by atoms with Crippen LogP contribution < -0.4 is 0 Å². The third-order valence-electron chi connectivity index (χ3n) is 2.35. The van der Waals surface area contributed by atoms with Crippen molar-refractivity contribution >= 4 is 23.8 Å². The molecule has 0 fully saturated rings. The molecule has 0 saturated heterocycles. The van der Waals surface area contributed by atoms with Crippen LogP contribution in [-0.4, -0.2) is 35.0 Å². The summed E-state index contributed by atoms with van der Waals surface area (Å²) in [5.74, 6) is -3.71. The maximum absolute atomic E-state index is 12.1. The van der Waals surface area contributed by atoms with E-state index in [2.05, 4.69) is 9.98 Å². The van der Waals surface area contributed by atoms with E-state index in [4.69, 9.17) is 10.2 Å². The fourth-order valence-electron chi connectivity index (χ4n) is 1.25.